The molecule has 13 heavy (non-hydrogen) atoms. The maximum atomic E-state index is 13.6. The van der Waals surface area contributed by atoms with Gasteiger partial charge in [-0.1, -0.05) is 19.8 Å². The Labute approximate surface area is 78.5 Å². The number of alkyl halides is 1. The molecule has 1 aliphatic carbocycles. The van der Waals surface area contributed by atoms with Gasteiger partial charge in [-0.15, -0.1) is 0 Å². The van der Waals surface area contributed by atoms with Gasteiger partial charge in [0.15, 0.2) is 0 Å². The van der Waals surface area contributed by atoms with E-state index in [4.69, 9.17) is 4.74 Å². The number of esters is 1. The Kier molecular flexibility index (Phi) is 3.28. The third-order valence-electron chi connectivity index (χ3n) is 2.52. The van der Waals surface area contributed by atoms with Gasteiger partial charge < -0.3 is 4.74 Å². The number of halogens is 1. The van der Waals surface area contributed by atoms with Crippen LogP contribution in [0.5, 0.6) is 0 Å². The molecule has 0 saturated heterocycles. The minimum Gasteiger partial charge on any atom is -0.466 e. The highest BCUT2D eigenvalue weighted by Crippen LogP contribution is 2.51. The van der Waals surface area contributed by atoms with Crippen LogP contribution < -0.4 is 0 Å². The summed E-state index contributed by atoms with van der Waals surface area (Å²) in [5, 5.41) is 0. The predicted octanol–water partition coefficient (Wildman–Crippen LogP) is 2.47. The van der Waals surface area contributed by atoms with Crippen molar-refractivity contribution >= 4 is 5.97 Å². The van der Waals surface area contributed by atoms with Gasteiger partial charge in [0.2, 0.25) is 0 Å². The third-order valence-corrected chi connectivity index (χ3v) is 2.52. The van der Waals surface area contributed by atoms with Crippen molar-refractivity contribution in [3.63, 3.8) is 0 Å². The average molecular weight is 188 g/mol. The molecule has 0 aromatic rings. The normalized spacial score (nSPS) is 31.5. The van der Waals surface area contributed by atoms with Gasteiger partial charge in [0.25, 0.3) is 0 Å². The highest BCUT2D eigenvalue weighted by Gasteiger charge is 2.59. The summed E-state index contributed by atoms with van der Waals surface area (Å²) in [4.78, 5) is 11.1. The summed E-state index contributed by atoms with van der Waals surface area (Å²) in [6.45, 7) is 4.11. The van der Waals surface area contributed by atoms with Gasteiger partial charge in [-0.2, -0.15) is 0 Å². The van der Waals surface area contributed by atoms with Gasteiger partial charge in [0.1, 0.15) is 5.67 Å². The minimum atomic E-state index is -1.23. The molecule has 0 unspecified atom stereocenters. The zero-order chi connectivity index (χ0) is 9.90. The molecule has 1 fully saturated rings. The van der Waals surface area contributed by atoms with E-state index >= 15 is 0 Å². The fraction of sp³-hybridized carbons (Fsp3) is 0.900. The van der Waals surface area contributed by atoms with E-state index < -0.39 is 11.6 Å². The molecule has 3 heteroatoms. The number of hydrogen-bond donors (Lipinski definition) is 0. The molecule has 0 bridgehead atoms. The summed E-state index contributed by atoms with van der Waals surface area (Å²) in [5.41, 5.74) is -1.23. The first-order chi connectivity index (χ1) is 6.14. The number of carbonyl (C=O) groups excluding carboxylic acids is 1. The SMILES string of the molecule is CCCC[C@@]1(F)C[C@@H]1C(=O)OCC. The van der Waals surface area contributed by atoms with Crippen LogP contribution in [0.25, 0.3) is 0 Å². The minimum absolute atomic E-state index is 0.346. The highest BCUT2D eigenvalue weighted by molar-refractivity contribution is 5.77. The number of ether oxygens (including phenoxy) is 1. The van der Waals surface area contributed by atoms with Crippen molar-refractivity contribution in [2.45, 2.75) is 45.2 Å². The fourth-order valence-electron chi connectivity index (χ4n) is 1.56. The quantitative estimate of drug-likeness (QED) is 0.619. The Morgan fingerprint density at radius 3 is 2.85 bits per heavy atom. The van der Waals surface area contributed by atoms with Crippen molar-refractivity contribution in [3.05, 3.63) is 0 Å². The molecule has 1 rings (SSSR count). The van der Waals surface area contributed by atoms with Crippen LogP contribution in [-0.4, -0.2) is 18.2 Å². The van der Waals surface area contributed by atoms with Crippen molar-refractivity contribution < 1.29 is 13.9 Å². The Morgan fingerprint density at radius 2 is 2.31 bits per heavy atom. The lowest BCUT2D eigenvalue weighted by Gasteiger charge is -2.05. The smallest absolute Gasteiger partial charge is 0.312 e. The van der Waals surface area contributed by atoms with Crippen LogP contribution in [0.2, 0.25) is 0 Å². The Bertz CT molecular complexity index is 193. The Hall–Kier alpha value is -0.600. The molecule has 0 N–H and O–H groups in total. The summed E-state index contributed by atoms with van der Waals surface area (Å²) in [7, 11) is 0. The van der Waals surface area contributed by atoms with E-state index in [0.29, 0.717) is 19.4 Å². The number of carbonyl (C=O) groups is 1. The maximum Gasteiger partial charge on any atom is 0.312 e. The van der Waals surface area contributed by atoms with Gasteiger partial charge >= 0.3 is 5.97 Å². The Balaban J connectivity index is 2.30. The second-order valence-electron chi connectivity index (χ2n) is 3.65. The fourth-order valence-corrected chi connectivity index (χ4v) is 1.56. The molecule has 0 aromatic carbocycles. The highest BCUT2D eigenvalue weighted by atomic mass is 19.1. The molecule has 2 atom stereocenters. The van der Waals surface area contributed by atoms with E-state index in [1.165, 1.54) is 0 Å². The van der Waals surface area contributed by atoms with Crippen LogP contribution in [0.1, 0.15) is 39.5 Å². The molecule has 0 amide bonds. The molecule has 0 radical (unpaired) electrons. The van der Waals surface area contributed by atoms with E-state index in [2.05, 4.69) is 0 Å². The van der Waals surface area contributed by atoms with E-state index in [9.17, 15) is 9.18 Å². The van der Waals surface area contributed by atoms with E-state index in [1.54, 1.807) is 6.92 Å². The molecule has 2 nitrogen and oxygen atoms in total. The monoisotopic (exact) mass is 188 g/mol. The van der Waals surface area contributed by atoms with Crippen molar-refractivity contribution in [1.29, 1.82) is 0 Å². The third kappa shape index (κ3) is 2.42. The van der Waals surface area contributed by atoms with Gasteiger partial charge in [0.05, 0.1) is 12.5 Å². The number of unbranched alkanes of at least 4 members (excludes halogenated alkanes) is 1. The second kappa shape index (κ2) is 4.07. The van der Waals surface area contributed by atoms with Crippen LogP contribution in [0.4, 0.5) is 4.39 Å². The topological polar surface area (TPSA) is 26.3 Å². The molecule has 76 valence electrons. The lowest BCUT2D eigenvalue weighted by Crippen LogP contribution is -2.14. The van der Waals surface area contributed by atoms with E-state index in [1.807, 2.05) is 6.92 Å². The first kappa shape index (κ1) is 10.5. The Morgan fingerprint density at radius 1 is 1.62 bits per heavy atom. The maximum absolute atomic E-state index is 13.6. The molecule has 0 heterocycles. The van der Waals surface area contributed by atoms with Crippen LogP contribution in [0.15, 0.2) is 0 Å². The van der Waals surface area contributed by atoms with Crippen LogP contribution >= 0.6 is 0 Å². The number of hydrogen-bond acceptors (Lipinski definition) is 2. The predicted molar refractivity (Wildman–Crippen MR) is 48.1 cm³/mol. The summed E-state index contributed by atoms with van der Waals surface area (Å²) in [6, 6.07) is 0. The van der Waals surface area contributed by atoms with E-state index in [0.717, 1.165) is 12.8 Å². The van der Waals surface area contributed by atoms with Crippen LogP contribution in [0.3, 0.4) is 0 Å². The molecule has 0 spiro atoms. The summed E-state index contributed by atoms with van der Waals surface area (Å²) in [5.74, 6) is -0.833. The van der Waals surface area contributed by atoms with Crippen molar-refractivity contribution in [2.75, 3.05) is 6.61 Å². The second-order valence-corrected chi connectivity index (χ2v) is 3.65. The van der Waals surface area contributed by atoms with Gasteiger partial charge in [-0.05, 0) is 19.8 Å². The lowest BCUT2D eigenvalue weighted by molar-refractivity contribution is -0.145. The van der Waals surface area contributed by atoms with Gasteiger partial charge in [-0.3, -0.25) is 4.79 Å². The van der Waals surface area contributed by atoms with E-state index in [-0.39, 0.29) is 5.97 Å². The zero-order valence-electron chi connectivity index (χ0n) is 8.31. The zero-order valence-corrected chi connectivity index (χ0v) is 8.31. The van der Waals surface area contributed by atoms with Gasteiger partial charge in [0, 0.05) is 0 Å². The lowest BCUT2D eigenvalue weighted by atomic mass is 10.1. The molecular formula is C10H17FO2. The molecule has 1 saturated carbocycles. The van der Waals surface area contributed by atoms with Crippen molar-refractivity contribution in [2.24, 2.45) is 5.92 Å². The number of rotatable bonds is 5. The summed E-state index contributed by atoms with van der Waals surface area (Å²) < 4.78 is 18.4. The first-order valence-electron chi connectivity index (χ1n) is 4.99. The average Bonchev–Trinajstić information content (AvgIpc) is 2.76. The van der Waals surface area contributed by atoms with Gasteiger partial charge in [-0.25, -0.2) is 4.39 Å². The van der Waals surface area contributed by atoms with Crippen LogP contribution in [-0.2, 0) is 9.53 Å². The van der Waals surface area contributed by atoms with Crippen LogP contribution in [0, 0.1) is 5.92 Å². The van der Waals surface area contributed by atoms with Crippen molar-refractivity contribution in [1.82, 2.24) is 0 Å². The first-order valence-corrected chi connectivity index (χ1v) is 4.99. The standard InChI is InChI=1S/C10H17FO2/c1-3-5-6-10(11)7-8(10)9(12)13-4-2/h8H,3-7H2,1-2H3/t8-,10-/m1/s1. The van der Waals surface area contributed by atoms with Crippen molar-refractivity contribution in [3.8, 4) is 0 Å². The molecule has 1 aliphatic rings. The molecular weight excluding hydrogens is 171 g/mol. The molecule has 0 aliphatic heterocycles. The molecule has 0 aromatic heterocycles. The largest absolute Gasteiger partial charge is 0.466 e. The summed E-state index contributed by atoms with van der Waals surface area (Å²) in [6.07, 6.45) is 2.70. The summed E-state index contributed by atoms with van der Waals surface area (Å²) >= 11 is 0.